The van der Waals surface area contributed by atoms with Crippen LogP contribution in [0.1, 0.15) is 43.0 Å². The SMILES string of the molecule is CC(C)CO/N=C1\C(=O)N(CCCN2CCN(C(c3ccccc3)c3ccccc3)CC2)c2ccccc21.Cl.Cl. The normalized spacial score (nSPS) is 16.6. The smallest absolute Gasteiger partial charge is 0.281 e. The van der Waals surface area contributed by atoms with Crippen molar-refractivity contribution in [2.45, 2.75) is 26.3 Å². The van der Waals surface area contributed by atoms with E-state index in [0.717, 1.165) is 50.4 Å². The third kappa shape index (κ3) is 7.43. The highest BCUT2D eigenvalue weighted by Gasteiger charge is 2.34. The van der Waals surface area contributed by atoms with E-state index in [2.05, 4.69) is 89.5 Å². The topological polar surface area (TPSA) is 48.4 Å². The molecule has 0 atom stereocenters. The van der Waals surface area contributed by atoms with Crippen molar-refractivity contribution in [1.29, 1.82) is 0 Å². The van der Waals surface area contributed by atoms with E-state index in [1.807, 2.05) is 29.2 Å². The summed E-state index contributed by atoms with van der Waals surface area (Å²) >= 11 is 0. The maximum atomic E-state index is 13.2. The predicted octanol–water partition coefficient (Wildman–Crippen LogP) is 6.05. The van der Waals surface area contributed by atoms with E-state index < -0.39 is 0 Å². The van der Waals surface area contributed by atoms with Crippen LogP contribution in [0.25, 0.3) is 0 Å². The Morgan fingerprint density at radius 2 is 1.35 bits per heavy atom. The molecule has 0 unspecified atom stereocenters. The van der Waals surface area contributed by atoms with Gasteiger partial charge in [-0.2, -0.15) is 0 Å². The maximum absolute atomic E-state index is 13.2. The van der Waals surface area contributed by atoms with Gasteiger partial charge >= 0.3 is 0 Å². The summed E-state index contributed by atoms with van der Waals surface area (Å²) in [6, 6.07) is 29.8. The minimum absolute atomic E-state index is 0. The summed E-state index contributed by atoms with van der Waals surface area (Å²) in [4.78, 5) is 25.7. The molecule has 3 aromatic carbocycles. The Morgan fingerprint density at radius 3 is 1.95 bits per heavy atom. The second-order valence-electron chi connectivity index (χ2n) is 10.6. The Hall–Kier alpha value is -2.90. The molecule has 0 aromatic heterocycles. The lowest BCUT2D eigenvalue weighted by atomic mass is 9.96. The number of hydrogen-bond acceptors (Lipinski definition) is 5. The summed E-state index contributed by atoms with van der Waals surface area (Å²) in [6.07, 6.45) is 0.918. The lowest BCUT2D eigenvalue weighted by Gasteiger charge is -2.40. The molecule has 40 heavy (non-hydrogen) atoms. The molecule has 1 amide bonds. The van der Waals surface area contributed by atoms with Crippen molar-refractivity contribution in [1.82, 2.24) is 9.80 Å². The van der Waals surface area contributed by atoms with Crippen LogP contribution in [0.5, 0.6) is 0 Å². The third-order valence-electron chi connectivity index (χ3n) is 7.32. The zero-order valence-electron chi connectivity index (χ0n) is 23.3. The van der Waals surface area contributed by atoms with E-state index in [1.165, 1.54) is 11.1 Å². The molecule has 6 nitrogen and oxygen atoms in total. The van der Waals surface area contributed by atoms with Gasteiger partial charge in [-0.05, 0) is 36.1 Å². The number of para-hydroxylation sites is 1. The Kier molecular flexibility index (Phi) is 12.0. The number of carbonyl (C=O) groups excluding carboxylic acids is 1. The Labute approximate surface area is 250 Å². The number of halogens is 2. The average molecular weight is 584 g/mol. The van der Waals surface area contributed by atoms with Crippen LogP contribution in [0.15, 0.2) is 90.1 Å². The van der Waals surface area contributed by atoms with Gasteiger partial charge in [-0.3, -0.25) is 9.69 Å². The molecule has 0 spiro atoms. The number of carbonyl (C=O) groups is 1. The van der Waals surface area contributed by atoms with Crippen LogP contribution in [0.3, 0.4) is 0 Å². The van der Waals surface area contributed by atoms with E-state index in [1.54, 1.807) is 0 Å². The molecule has 1 saturated heterocycles. The van der Waals surface area contributed by atoms with Crippen LogP contribution in [0, 0.1) is 5.92 Å². The van der Waals surface area contributed by atoms with Gasteiger partial charge in [-0.1, -0.05) is 97.9 Å². The molecule has 2 heterocycles. The molecule has 1 fully saturated rings. The van der Waals surface area contributed by atoms with Crippen LogP contribution in [-0.4, -0.2) is 67.3 Å². The van der Waals surface area contributed by atoms with E-state index in [4.69, 9.17) is 4.84 Å². The van der Waals surface area contributed by atoms with E-state index in [-0.39, 0.29) is 36.8 Å². The van der Waals surface area contributed by atoms with Crippen LogP contribution in [0.4, 0.5) is 5.69 Å². The molecule has 8 heteroatoms. The monoisotopic (exact) mass is 582 g/mol. The van der Waals surface area contributed by atoms with Gasteiger partial charge in [0.15, 0.2) is 5.71 Å². The number of fused-ring (bicyclic) bond motifs is 1. The summed E-state index contributed by atoms with van der Waals surface area (Å²) in [5.74, 6) is 0.298. The Balaban J connectivity index is 0.00000220. The minimum Gasteiger partial charge on any atom is -0.395 e. The molecular formula is C32H40Cl2N4O2. The predicted molar refractivity (Wildman–Crippen MR) is 168 cm³/mol. The highest BCUT2D eigenvalue weighted by atomic mass is 35.5. The summed E-state index contributed by atoms with van der Waals surface area (Å²) in [7, 11) is 0. The first-order valence-corrected chi connectivity index (χ1v) is 13.8. The molecule has 0 N–H and O–H groups in total. The van der Waals surface area contributed by atoms with Crippen molar-refractivity contribution in [3.63, 3.8) is 0 Å². The standard InChI is InChI=1S/C32H38N4O2.2ClH/c1-25(2)24-38-33-30-28-16-9-10-17-29(28)36(32(30)37)19-11-18-34-20-22-35(23-21-34)31(26-12-5-3-6-13-26)27-14-7-4-8-15-27;;/h3-10,12-17,25,31H,11,18-24H2,1-2H3;2*1H/b33-30-;;. The van der Waals surface area contributed by atoms with E-state index in [9.17, 15) is 4.79 Å². The fourth-order valence-corrected chi connectivity index (χ4v) is 5.41. The maximum Gasteiger partial charge on any atom is 0.281 e. The quantitative estimate of drug-likeness (QED) is 0.273. The number of hydrogen-bond donors (Lipinski definition) is 0. The molecule has 0 saturated carbocycles. The van der Waals surface area contributed by atoms with E-state index in [0.29, 0.717) is 24.8 Å². The molecular weight excluding hydrogens is 543 g/mol. The van der Waals surface area contributed by atoms with Crippen molar-refractivity contribution in [2.75, 3.05) is 50.8 Å². The average Bonchev–Trinajstić information content (AvgIpc) is 3.21. The molecule has 0 bridgehead atoms. The fourth-order valence-electron chi connectivity index (χ4n) is 5.41. The molecule has 2 aliphatic rings. The van der Waals surface area contributed by atoms with Gasteiger partial charge in [0.2, 0.25) is 0 Å². The molecule has 2 aliphatic heterocycles. The van der Waals surface area contributed by atoms with Gasteiger partial charge in [0.1, 0.15) is 6.61 Å². The number of oxime groups is 1. The number of amides is 1. The van der Waals surface area contributed by atoms with Crippen LogP contribution >= 0.6 is 24.8 Å². The molecule has 0 aliphatic carbocycles. The zero-order valence-corrected chi connectivity index (χ0v) is 24.9. The highest BCUT2D eigenvalue weighted by molar-refractivity contribution is 6.54. The number of anilines is 1. The number of rotatable bonds is 10. The molecule has 214 valence electrons. The lowest BCUT2D eigenvalue weighted by Crippen LogP contribution is -2.48. The van der Waals surface area contributed by atoms with Gasteiger partial charge in [0.25, 0.3) is 5.91 Å². The van der Waals surface area contributed by atoms with Gasteiger partial charge in [-0.15, -0.1) is 24.8 Å². The lowest BCUT2D eigenvalue weighted by molar-refractivity contribution is -0.112. The number of benzene rings is 3. The van der Waals surface area contributed by atoms with Crippen molar-refractivity contribution in [3.8, 4) is 0 Å². The summed E-state index contributed by atoms with van der Waals surface area (Å²) < 4.78 is 0. The largest absolute Gasteiger partial charge is 0.395 e. The first kappa shape index (κ1) is 31.6. The zero-order chi connectivity index (χ0) is 26.3. The summed E-state index contributed by atoms with van der Waals surface area (Å²) in [5, 5.41) is 4.22. The van der Waals surface area contributed by atoms with Crippen molar-refractivity contribution < 1.29 is 9.63 Å². The van der Waals surface area contributed by atoms with Gasteiger partial charge in [0.05, 0.1) is 11.7 Å². The second kappa shape index (κ2) is 15.2. The van der Waals surface area contributed by atoms with E-state index >= 15 is 0 Å². The van der Waals surface area contributed by atoms with Crippen LogP contribution in [0.2, 0.25) is 0 Å². The number of nitrogens with zero attached hydrogens (tertiary/aromatic N) is 4. The van der Waals surface area contributed by atoms with Crippen molar-refractivity contribution in [3.05, 3.63) is 102 Å². The Morgan fingerprint density at radius 1 is 0.775 bits per heavy atom. The Bertz CT molecular complexity index is 1190. The van der Waals surface area contributed by atoms with Crippen LogP contribution in [-0.2, 0) is 9.63 Å². The summed E-state index contributed by atoms with van der Waals surface area (Å²) in [5.41, 5.74) is 4.90. The van der Waals surface area contributed by atoms with Crippen LogP contribution < -0.4 is 4.90 Å². The molecule has 3 aromatic rings. The first-order chi connectivity index (χ1) is 18.6. The summed E-state index contributed by atoms with van der Waals surface area (Å²) in [6.45, 7) is 10.4. The third-order valence-corrected chi connectivity index (χ3v) is 7.32. The van der Waals surface area contributed by atoms with Gasteiger partial charge < -0.3 is 14.6 Å². The number of piperazine rings is 1. The fraction of sp³-hybridized carbons (Fsp3) is 0.375. The minimum atomic E-state index is -0.0617. The first-order valence-electron chi connectivity index (χ1n) is 13.8. The van der Waals surface area contributed by atoms with Crippen molar-refractivity contribution in [2.24, 2.45) is 11.1 Å². The molecule has 0 radical (unpaired) electrons. The second-order valence-corrected chi connectivity index (χ2v) is 10.6. The van der Waals surface area contributed by atoms with Gasteiger partial charge in [-0.25, -0.2) is 0 Å². The van der Waals surface area contributed by atoms with Crippen molar-refractivity contribution >= 4 is 42.1 Å². The molecule has 5 rings (SSSR count). The van der Waals surface area contributed by atoms with Gasteiger partial charge in [0, 0.05) is 38.3 Å². The highest BCUT2D eigenvalue weighted by Crippen LogP contribution is 2.31.